The minimum atomic E-state index is -0.637. The van der Waals surface area contributed by atoms with Gasteiger partial charge in [-0.15, -0.1) is 0 Å². The lowest BCUT2D eigenvalue weighted by Gasteiger charge is -2.08. The Bertz CT molecular complexity index is 946. The predicted octanol–water partition coefficient (Wildman–Crippen LogP) is 3.68. The zero-order valence-corrected chi connectivity index (χ0v) is 15.0. The number of carbonyl (C=O) groups is 1. The highest BCUT2D eigenvalue weighted by molar-refractivity contribution is 7.80. The van der Waals surface area contributed by atoms with Crippen molar-refractivity contribution in [3.05, 3.63) is 79.4 Å². The summed E-state index contributed by atoms with van der Waals surface area (Å²) in [5.41, 5.74) is 0.520. The number of non-ortho nitro benzene ring substituents is 1. The first-order chi connectivity index (χ1) is 12.8. The van der Waals surface area contributed by atoms with E-state index in [0.717, 1.165) is 0 Å². The van der Waals surface area contributed by atoms with Crippen molar-refractivity contribution in [1.82, 2.24) is 5.32 Å². The van der Waals surface area contributed by atoms with E-state index in [1.165, 1.54) is 54.6 Å². The second kappa shape index (κ2) is 8.83. The molecule has 1 amide bonds. The summed E-state index contributed by atoms with van der Waals surface area (Å²) in [7, 11) is 0. The van der Waals surface area contributed by atoms with Gasteiger partial charge in [-0.05, 0) is 48.1 Å². The van der Waals surface area contributed by atoms with Crippen LogP contribution in [0.15, 0.2) is 48.5 Å². The molecule has 11 heteroatoms. The lowest BCUT2D eigenvalue weighted by Crippen LogP contribution is -2.32. The van der Waals surface area contributed by atoms with Crippen LogP contribution in [-0.2, 0) is 4.79 Å². The van der Waals surface area contributed by atoms with Crippen molar-refractivity contribution >= 4 is 58.0 Å². The summed E-state index contributed by atoms with van der Waals surface area (Å²) in [4.78, 5) is 32.1. The molecule has 0 aromatic heterocycles. The van der Waals surface area contributed by atoms with Crippen LogP contribution in [0, 0.1) is 20.2 Å². The van der Waals surface area contributed by atoms with E-state index in [1.807, 2.05) is 0 Å². The molecule has 0 heterocycles. The molecule has 2 rings (SSSR count). The molecule has 9 nitrogen and oxygen atoms in total. The molecule has 27 heavy (non-hydrogen) atoms. The third kappa shape index (κ3) is 5.83. The number of anilines is 1. The van der Waals surface area contributed by atoms with E-state index in [1.54, 1.807) is 0 Å². The van der Waals surface area contributed by atoms with Crippen molar-refractivity contribution in [3.8, 4) is 0 Å². The molecule has 0 saturated heterocycles. The summed E-state index contributed by atoms with van der Waals surface area (Å²) in [6.45, 7) is 0. The molecule has 2 aromatic carbocycles. The van der Waals surface area contributed by atoms with E-state index in [4.69, 9.17) is 23.8 Å². The Hall–Kier alpha value is -3.37. The molecule has 138 valence electrons. The molecule has 2 aromatic rings. The minimum Gasteiger partial charge on any atom is -0.332 e. The number of halogens is 1. The first-order valence-corrected chi connectivity index (χ1v) is 8.03. The predicted molar refractivity (Wildman–Crippen MR) is 105 cm³/mol. The maximum atomic E-state index is 11.9. The van der Waals surface area contributed by atoms with Crippen LogP contribution in [0.2, 0.25) is 5.02 Å². The number of hydrogen-bond acceptors (Lipinski definition) is 6. The van der Waals surface area contributed by atoms with Crippen LogP contribution in [0.3, 0.4) is 0 Å². The quantitative estimate of drug-likeness (QED) is 0.335. The number of carbonyl (C=O) groups excluding carboxylic acids is 1. The van der Waals surface area contributed by atoms with Gasteiger partial charge in [0.15, 0.2) is 5.11 Å². The van der Waals surface area contributed by atoms with Crippen LogP contribution in [0.25, 0.3) is 6.08 Å². The number of benzene rings is 2. The van der Waals surface area contributed by atoms with Gasteiger partial charge in [0.25, 0.3) is 11.4 Å². The molecule has 0 spiro atoms. The average Bonchev–Trinajstić information content (AvgIpc) is 2.61. The number of amides is 1. The number of rotatable bonds is 5. The second-order valence-electron chi connectivity index (χ2n) is 5.05. The summed E-state index contributed by atoms with van der Waals surface area (Å²) >= 11 is 10.7. The summed E-state index contributed by atoms with van der Waals surface area (Å²) in [5, 5.41) is 26.4. The Kier molecular flexibility index (Phi) is 6.52. The number of nitrogens with one attached hydrogen (secondary N) is 2. The van der Waals surface area contributed by atoms with E-state index in [0.29, 0.717) is 5.56 Å². The largest absolute Gasteiger partial charge is 0.332 e. The Morgan fingerprint density at radius 3 is 2.33 bits per heavy atom. The highest BCUT2D eigenvalue weighted by Gasteiger charge is 2.13. The molecular formula is C16H11ClN4O5S. The third-order valence-corrected chi connectivity index (χ3v) is 3.69. The lowest BCUT2D eigenvalue weighted by atomic mass is 10.2. The van der Waals surface area contributed by atoms with Gasteiger partial charge in [0.2, 0.25) is 5.91 Å². The van der Waals surface area contributed by atoms with Gasteiger partial charge in [0.1, 0.15) is 5.02 Å². The molecule has 0 saturated carbocycles. The first kappa shape index (κ1) is 19.9. The number of nitrogens with zero attached hydrogens (tertiary/aromatic N) is 2. The van der Waals surface area contributed by atoms with Crippen LogP contribution in [0.1, 0.15) is 5.56 Å². The van der Waals surface area contributed by atoms with Gasteiger partial charge in [-0.3, -0.25) is 30.3 Å². The van der Waals surface area contributed by atoms with Crippen LogP contribution in [0.4, 0.5) is 17.1 Å². The Labute approximate surface area is 162 Å². The van der Waals surface area contributed by atoms with Crippen molar-refractivity contribution in [2.45, 2.75) is 0 Å². The number of nitro groups is 2. The van der Waals surface area contributed by atoms with Gasteiger partial charge in [-0.25, -0.2) is 0 Å². The van der Waals surface area contributed by atoms with E-state index < -0.39 is 15.8 Å². The monoisotopic (exact) mass is 406 g/mol. The van der Waals surface area contributed by atoms with Crippen LogP contribution < -0.4 is 10.6 Å². The van der Waals surface area contributed by atoms with E-state index >= 15 is 0 Å². The van der Waals surface area contributed by atoms with Crippen molar-refractivity contribution in [1.29, 1.82) is 0 Å². The molecule has 0 fully saturated rings. The Balaban J connectivity index is 1.95. The maximum absolute atomic E-state index is 11.9. The number of nitro benzene ring substituents is 2. The van der Waals surface area contributed by atoms with Crippen molar-refractivity contribution < 1.29 is 14.6 Å². The molecule has 0 atom stereocenters. The first-order valence-electron chi connectivity index (χ1n) is 7.24. The minimum absolute atomic E-state index is 0.0217. The standard InChI is InChI=1S/C16H11ClN4O5S/c17-13-7-4-11(9-14(13)21(25)26)18-16(27)19-15(22)8-3-10-1-5-12(6-2-10)20(23)24/h1-9H,(H2,18,19,22,27)/b8-3+. The zero-order valence-electron chi connectivity index (χ0n) is 13.4. The topological polar surface area (TPSA) is 127 Å². The van der Waals surface area contributed by atoms with Gasteiger partial charge in [0.05, 0.1) is 9.85 Å². The van der Waals surface area contributed by atoms with Crippen molar-refractivity contribution in [2.24, 2.45) is 0 Å². The molecular weight excluding hydrogens is 396 g/mol. The van der Waals surface area contributed by atoms with Crippen LogP contribution >= 0.6 is 23.8 Å². The fraction of sp³-hybridized carbons (Fsp3) is 0. The van der Waals surface area contributed by atoms with Gasteiger partial charge >= 0.3 is 0 Å². The van der Waals surface area contributed by atoms with Gasteiger partial charge in [-0.2, -0.15) is 0 Å². The summed E-state index contributed by atoms with van der Waals surface area (Å²) in [6, 6.07) is 9.61. The summed E-state index contributed by atoms with van der Waals surface area (Å²) < 4.78 is 0. The number of thiocarbonyl (C=S) groups is 1. The van der Waals surface area contributed by atoms with Crippen LogP contribution in [-0.4, -0.2) is 20.9 Å². The van der Waals surface area contributed by atoms with E-state index in [9.17, 15) is 25.0 Å². The highest BCUT2D eigenvalue weighted by Crippen LogP contribution is 2.27. The smallest absolute Gasteiger partial charge is 0.289 e. The fourth-order valence-electron chi connectivity index (χ4n) is 1.93. The average molecular weight is 407 g/mol. The summed E-state index contributed by atoms with van der Waals surface area (Å²) in [6.07, 6.45) is 2.65. The lowest BCUT2D eigenvalue weighted by molar-refractivity contribution is -0.385. The van der Waals surface area contributed by atoms with Gasteiger partial charge in [-0.1, -0.05) is 11.6 Å². The molecule has 0 aliphatic rings. The van der Waals surface area contributed by atoms with Crippen molar-refractivity contribution in [2.75, 3.05) is 5.32 Å². The van der Waals surface area contributed by atoms with Gasteiger partial charge in [0, 0.05) is 30.0 Å². The SMILES string of the molecule is O=C(/C=C/c1ccc([N+](=O)[O-])cc1)NC(=S)Nc1ccc(Cl)c([N+](=O)[O-])c1. The Morgan fingerprint density at radius 2 is 1.74 bits per heavy atom. The van der Waals surface area contributed by atoms with E-state index in [2.05, 4.69) is 10.6 Å². The number of hydrogen-bond donors (Lipinski definition) is 2. The van der Waals surface area contributed by atoms with Crippen LogP contribution in [0.5, 0.6) is 0 Å². The fourth-order valence-corrected chi connectivity index (χ4v) is 2.33. The van der Waals surface area contributed by atoms with E-state index in [-0.39, 0.29) is 27.2 Å². The summed E-state index contributed by atoms with van der Waals surface area (Å²) in [5.74, 6) is -0.547. The van der Waals surface area contributed by atoms with Crippen molar-refractivity contribution in [3.63, 3.8) is 0 Å². The molecule has 0 aliphatic carbocycles. The Morgan fingerprint density at radius 1 is 1.07 bits per heavy atom. The maximum Gasteiger partial charge on any atom is 0.289 e. The molecule has 0 aliphatic heterocycles. The third-order valence-electron chi connectivity index (χ3n) is 3.17. The zero-order chi connectivity index (χ0) is 20.0. The highest BCUT2D eigenvalue weighted by atomic mass is 35.5. The van der Waals surface area contributed by atoms with Gasteiger partial charge < -0.3 is 5.32 Å². The molecule has 0 radical (unpaired) electrons. The molecule has 2 N–H and O–H groups in total. The molecule has 0 bridgehead atoms. The molecule has 0 unspecified atom stereocenters. The second-order valence-corrected chi connectivity index (χ2v) is 5.86. The normalized spacial score (nSPS) is 10.4.